The van der Waals surface area contributed by atoms with E-state index in [1.165, 1.54) is 0 Å². The van der Waals surface area contributed by atoms with Crippen molar-refractivity contribution in [1.29, 1.82) is 0 Å². The smallest absolute Gasteiger partial charge is 0.195 e. The van der Waals surface area contributed by atoms with Crippen LogP contribution in [0.4, 0.5) is 0 Å². The van der Waals surface area contributed by atoms with Crippen molar-refractivity contribution >= 4 is 23.4 Å². The van der Waals surface area contributed by atoms with E-state index in [1.807, 2.05) is 17.7 Å². The van der Waals surface area contributed by atoms with Crippen molar-refractivity contribution in [3.05, 3.63) is 35.1 Å². The zero-order valence-electron chi connectivity index (χ0n) is 12.1. The third kappa shape index (κ3) is 4.23. The number of aryl methyl sites for hydroxylation is 1. The van der Waals surface area contributed by atoms with Gasteiger partial charge in [-0.25, -0.2) is 0 Å². The van der Waals surface area contributed by atoms with Gasteiger partial charge >= 0.3 is 0 Å². The molecule has 0 aliphatic rings. The Morgan fingerprint density at radius 3 is 2.65 bits per heavy atom. The van der Waals surface area contributed by atoms with Gasteiger partial charge in [0.1, 0.15) is 6.33 Å². The van der Waals surface area contributed by atoms with E-state index in [1.54, 1.807) is 18.1 Å². The van der Waals surface area contributed by atoms with Crippen molar-refractivity contribution in [2.75, 3.05) is 0 Å². The fourth-order valence-corrected chi connectivity index (χ4v) is 2.68. The van der Waals surface area contributed by atoms with Crippen LogP contribution in [0.5, 0.6) is 0 Å². The minimum absolute atomic E-state index is 0.0788. The highest BCUT2D eigenvalue weighted by atomic mass is 35.5. The monoisotopic (exact) mass is 310 g/mol. The Kier molecular flexibility index (Phi) is 4.73. The predicted octanol–water partition coefficient (Wildman–Crippen LogP) is 3.51. The van der Waals surface area contributed by atoms with Gasteiger partial charge in [-0.15, -0.1) is 10.2 Å². The third-order valence-corrected chi connectivity index (χ3v) is 4.11. The molecule has 1 heterocycles. The molecular formula is C14H19ClN4S. The largest absolute Gasteiger partial charge is 0.311 e. The van der Waals surface area contributed by atoms with Crippen molar-refractivity contribution in [3.8, 4) is 0 Å². The summed E-state index contributed by atoms with van der Waals surface area (Å²) in [5.41, 5.74) is 1.18. The summed E-state index contributed by atoms with van der Waals surface area (Å²) in [7, 11) is 1.92. The van der Waals surface area contributed by atoms with Gasteiger partial charge < -0.3 is 9.88 Å². The third-order valence-electron chi connectivity index (χ3n) is 2.71. The molecule has 0 spiro atoms. The first-order chi connectivity index (χ1) is 9.35. The second-order valence-corrected chi connectivity index (χ2v) is 7.13. The molecule has 0 radical (unpaired) electrons. The summed E-state index contributed by atoms with van der Waals surface area (Å²) in [5.74, 6) is 0. The molecule has 2 aromatic rings. The Morgan fingerprint density at radius 1 is 1.35 bits per heavy atom. The minimum Gasteiger partial charge on any atom is -0.311 e. The fraction of sp³-hybridized carbons (Fsp3) is 0.429. The summed E-state index contributed by atoms with van der Waals surface area (Å²) in [4.78, 5) is 1.06. The van der Waals surface area contributed by atoms with Gasteiger partial charge in [0.05, 0.1) is 0 Å². The standard InChI is InChI=1S/C14H19ClN4S/c1-14(2,3)16-8-10-5-6-11(7-12(10)15)20-13-18-17-9-19(13)4/h5-7,9,16H,8H2,1-4H3. The summed E-state index contributed by atoms with van der Waals surface area (Å²) >= 11 is 7.89. The molecule has 0 saturated carbocycles. The van der Waals surface area contributed by atoms with Gasteiger partial charge in [-0.1, -0.05) is 17.7 Å². The molecule has 0 aliphatic carbocycles. The Labute approximate surface area is 128 Å². The lowest BCUT2D eigenvalue weighted by Crippen LogP contribution is -2.35. The molecule has 0 aliphatic heterocycles. The first-order valence-electron chi connectivity index (χ1n) is 6.40. The lowest BCUT2D eigenvalue weighted by atomic mass is 10.1. The van der Waals surface area contributed by atoms with Crippen LogP contribution >= 0.6 is 23.4 Å². The summed E-state index contributed by atoms with van der Waals surface area (Å²) in [5, 5.41) is 13.0. The molecule has 1 aromatic carbocycles. The van der Waals surface area contributed by atoms with Gasteiger partial charge in [-0.2, -0.15) is 0 Å². The average Bonchev–Trinajstić information content (AvgIpc) is 2.73. The van der Waals surface area contributed by atoms with Crippen molar-refractivity contribution in [1.82, 2.24) is 20.1 Å². The van der Waals surface area contributed by atoms with Gasteiger partial charge in [0.15, 0.2) is 5.16 Å². The van der Waals surface area contributed by atoms with Crippen molar-refractivity contribution in [2.24, 2.45) is 7.05 Å². The highest BCUT2D eigenvalue weighted by molar-refractivity contribution is 7.99. The van der Waals surface area contributed by atoms with E-state index in [4.69, 9.17) is 11.6 Å². The summed E-state index contributed by atoms with van der Waals surface area (Å²) < 4.78 is 1.88. The summed E-state index contributed by atoms with van der Waals surface area (Å²) in [6.07, 6.45) is 1.69. The van der Waals surface area contributed by atoms with Crippen molar-refractivity contribution in [2.45, 2.75) is 42.9 Å². The quantitative estimate of drug-likeness (QED) is 0.938. The molecular weight excluding hydrogens is 292 g/mol. The predicted molar refractivity (Wildman–Crippen MR) is 83.2 cm³/mol. The van der Waals surface area contributed by atoms with Gasteiger partial charge in [0.2, 0.25) is 0 Å². The highest BCUT2D eigenvalue weighted by Crippen LogP contribution is 2.29. The molecule has 0 fully saturated rings. The lowest BCUT2D eigenvalue weighted by molar-refractivity contribution is 0.424. The summed E-state index contributed by atoms with van der Waals surface area (Å²) in [6, 6.07) is 6.09. The van der Waals surface area contributed by atoms with Crippen LogP contribution in [0.15, 0.2) is 34.6 Å². The zero-order chi connectivity index (χ0) is 14.8. The first-order valence-corrected chi connectivity index (χ1v) is 7.60. The van der Waals surface area contributed by atoms with E-state index < -0.39 is 0 Å². The van der Waals surface area contributed by atoms with Crippen LogP contribution in [0.2, 0.25) is 5.02 Å². The molecule has 1 N–H and O–H groups in total. The molecule has 0 atom stereocenters. The Morgan fingerprint density at radius 2 is 2.10 bits per heavy atom. The number of hydrogen-bond donors (Lipinski definition) is 1. The minimum atomic E-state index is 0.0788. The van der Waals surface area contributed by atoms with E-state index in [0.717, 1.165) is 27.2 Å². The molecule has 0 saturated heterocycles. The molecule has 0 unspecified atom stereocenters. The number of rotatable bonds is 4. The topological polar surface area (TPSA) is 42.7 Å². The number of aromatic nitrogens is 3. The lowest BCUT2D eigenvalue weighted by Gasteiger charge is -2.21. The second kappa shape index (κ2) is 6.16. The first kappa shape index (κ1) is 15.4. The maximum Gasteiger partial charge on any atom is 0.195 e. The van der Waals surface area contributed by atoms with Crippen LogP contribution in [0.25, 0.3) is 0 Å². The molecule has 4 nitrogen and oxygen atoms in total. The van der Waals surface area contributed by atoms with Crippen LogP contribution in [0, 0.1) is 0 Å². The summed E-state index contributed by atoms with van der Waals surface area (Å²) in [6.45, 7) is 7.18. The Balaban J connectivity index is 2.08. The van der Waals surface area contributed by atoms with E-state index in [2.05, 4.69) is 48.4 Å². The van der Waals surface area contributed by atoms with Crippen LogP contribution in [-0.4, -0.2) is 20.3 Å². The van der Waals surface area contributed by atoms with E-state index >= 15 is 0 Å². The average molecular weight is 311 g/mol. The second-order valence-electron chi connectivity index (χ2n) is 5.68. The highest BCUT2D eigenvalue weighted by Gasteiger charge is 2.11. The number of benzene rings is 1. The Bertz CT molecular complexity index is 589. The van der Waals surface area contributed by atoms with Crippen LogP contribution in [0.3, 0.4) is 0 Å². The van der Waals surface area contributed by atoms with Crippen LogP contribution < -0.4 is 5.32 Å². The molecule has 6 heteroatoms. The normalized spacial score (nSPS) is 11.8. The van der Waals surface area contributed by atoms with Crippen LogP contribution in [-0.2, 0) is 13.6 Å². The zero-order valence-corrected chi connectivity index (χ0v) is 13.7. The van der Waals surface area contributed by atoms with Crippen LogP contribution in [0.1, 0.15) is 26.3 Å². The molecule has 108 valence electrons. The van der Waals surface area contributed by atoms with Crippen molar-refractivity contribution < 1.29 is 0 Å². The van der Waals surface area contributed by atoms with Gasteiger partial charge in [0, 0.05) is 29.0 Å². The van der Waals surface area contributed by atoms with Gasteiger partial charge in [-0.3, -0.25) is 0 Å². The van der Waals surface area contributed by atoms with Crippen molar-refractivity contribution in [3.63, 3.8) is 0 Å². The van der Waals surface area contributed by atoms with E-state index in [-0.39, 0.29) is 5.54 Å². The van der Waals surface area contributed by atoms with E-state index in [0.29, 0.717) is 0 Å². The number of hydrogen-bond acceptors (Lipinski definition) is 4. The SMILES string of the molecule is Cn1cnnc1Sc1ccc(CNC(C)(C)C)c(Cl)c1. The van der Waals surface area contributed by atoms with Gasteiger partial charge in [0.25, 0.3) is 0 Å². The Hall–Kier alpha value is -1.04. The number of nitrogens with zero attached hydrogens (tertiary/aromatic N) is 3. The maximum atomic E-state index is 6.34. The molecule has 1 aromatic heterocycles. The number of halogens is 1. The van der Waals surface area contributed by atoms with E-state index in [9.17, 15) is 0 Å². The fourth-order valence-electron chi connectivity index (χ4n) is 1.57. The molecule has 0 bridgehead atoms. The molecule has 20 heavy (non-hydrogen) atoms. The molecule has 0 amide bonds. The number of nitrogens with one attached hydrogen (secondary N) is 1. The van der Waals surface area contributed by atoms with Gasteiger partial charge in [-0.05, 0) is 50.2 Å². The molecule has 2 rings (SSSR count). The maximum absolute atomic E-state index is 6.34.